The van der Waals surface area contributed by atoms with Gasteiger partial charge in [0.05, 0.1) is 16.4 Å². The Balaban J connectivity index is 1.83. The summed E-state index contributed by atoms with van der Waals surface area (Å²) in [5.41, 5.74) is 1.98. The fourth-order valence-corrected chi connectivity index (χ4v) is 3.12. The molecule has 4 heteroatoms. The third-order valence-corrected chi connectivity index (χ3v) is 4.10. The van der Waals surface area contributed by atoms with Gasteiger partial charge in [-0.1, -0.05) is 6.07 Å². The average Bonchev–Trinajstić information content (AvgIpc) is 2.90. The molecule has 0 amide bonds. The molecular weight excluding hydrogens is 230 g/mol. The number of rotatable bonds is 2. The maximum atomic E-state index is 4.72. The summed E-state index contributed by atoms with van der Waals surface area (Å²) < 4.78 is 0. The van der Waals surface area contributed by atoms with E-state index in [1.54, 1.807) is 11.3 Å². The number of hydrogen-bond acceptors (Lipinski definition) is 4. The fraction of sp³-hybridized carbons (Fsp3) is 0.385. The zero-order valence-electron chi connectivity index (χ0n) is 9.60. The lowest BCUT2D eigenvalue weighted by Gasteiger charge is -2.20. The maximum Gasteiger partial charge on any atom is 0.0998 e. The highest BCUT2D eigenvalue weighted by molar-refractivity contribution is 7.10. The first-order valence-corrected chi connectivity index (χ1v) is 6.89. The van der Waals surface area contributed by atoms with E-state index in [1.807, 2.05) is 24.4 Å². The van der Waals surface area contributed by atoms with E-state index >= 15 is 0 Å². The highest BCUT2D eigenvalue weighted by atomic mass is 32.1. The molecule has 0 aromatic carbocycles. The smallest absolute Gasteiger partial charge is 0.0998 e. The first-order valence-electron chi connectivity index (χ1n) is 6.01. The van der Waals surface area contributed by atoms with Gasteiger partial charge in [0.15, 0.2) is 0 Å². The summed E-state index contributed by atoms with van der Waals surface area (Å²) in [6.07, 6.45) is 4.32. The molecule has 3 rings (SSSR count). The Labute approximate surface area is 105 Å². The van der Waals surface area contributed by atoms with Gasteiger partial charge in [-0.3, -0.25) is 4.98 Å². The lowest BCUT2D eigenvalue weighted by Crippen LogP contribution is -2.28. The summed E-state index contributed by atoms with van der Waals surface area (Å²) in [6.45, 7) is 2.21. The van der Waals surface area contributed by atoms with Crippen LogP contribution in [0, 0.1) is 0 Å². The summed E-state index contributed by atoms with van der Waals surface area (Å²) >= 11 is 1.76. The molecule has 2 aromatic rings. The molecule has 3 nitrogen and oxygen atoms in total. The molecule has 0 radical (unpaired) electrons. The van der Waals surface area contributed by atoms with Crippen LogP contribution in [0.2, 0.25) is 0 Å². The molecule has 0 saturated carbocycles. The van der Waals surface area contributed by atoms with Crippen molar-refractivity contribution in [2.45, 2.75) is 18.8 Å². The van der Waals surface area contributed by atoms with Crippen molar-refractivity contribution in [2.75, 3.05) is 13.1 Å². The normalized spacial score (nSPS) is 20.4. The summed E-state index contributed by atoms with van der Waals surface area (Å²) in [6, 6.07) is 5.95. The fourth-order valence-electron chi connectivity index (χ4n) is 2.17. The zero-order valence-corrected chi connectivity index (χ0v) is 10.4. The zero-order chi connectivity index (χ0) is 11.5. The summed E-state index contributed by atoms with van der Waals surface area (Å²) in [5.74, 6) is 0.589. The Morgan fingerprint density at radius 3 is 3.06 bits per heavy atom. The van der Waals surface area contributed by atoms with Gasteiger partial charge >= 0.3 is 0 Å². The van der Waals surface area contributed by atoms with Crippen LogP contribution in [0.5, 0.6) is 0 Å². The first-order chi connectivity index (χ1) is 8.43. The first kappa shape index (κ1) is 10.9. The monoisotopic (exact) mass is 245 g/mol. The van der Waals surface area contributed by atoms with Crippen LogP contribution >= 0.6 is 11.3 Å². The molecule has 1 unspecified atom stereocenters. The molecule has 1 fully saturated rings. The van der Waals surface area contributed by atoms with Crippen LogP contribution in [-0.2, 0) is 0 Å². The standard InChI is InChI=1S/C13H15N3S/c1-2-7-15-11(5-1)12-9-17-13(16-12)10-4-3-6-14-8-10/h1-2,5,7,9-10,14H,3-4,6,8H2. The van der Waals surface area contributed by atoms with Crippen LogP contribution in [0.3, 0.4) is 0 Å². The van der Waals surface area contributed by atoms with E-state index in [2.05, 4.69) is 15.7 Å². The van der Waals surface area contributed by atoms with Gasteiger partial charge in [-0.05, 0) is 31.5 Å². The van der Waals surface area contributed by atoms with E-state index in [0.717, 1.165) is 24.5 Å². The molecule has 1 aliphatic heterocycles. The van der Waals surface area contributed by atoms with Gasteiger partial charge < -0.3 is 5.32 Å². The SMILES string of the molecule is c1ccc(-c2csc(C3CCCNC3)n2)nc1. The minimum atomic E-state index is 0.589. The lowest BCUT2D eigenvalue weighted by molar-refractivity contribution is 0.460. The second-order valence-corrected chi connectivity index (χ2v) is 5.22. The second kappa shape index (κ2) is 4.94. The molecule has 1 aliphatic rings. The molecular formula is C13H15N3S. The van der Waals surface area contributed by atoms with Crippen molar-refractivity contribution in [3.63, 3.8) is 0 Å². The van der Waals surface area contributed by atoms with Gasteiger partial charge in [0.25, 0.3) is 0 Å². The topological polar surface area (TPSA) is 37.8 Å². The van der Waals surface area contributed by atoms with E-state index < -0.39 is 0 Å². The van der Waals surface area contributed by atoms with Crippen molar-refractivity contribution in [1.82, 2.24) is 15.3 Å². The largest absolute Gasteiger partial charge is 0.316 e. The molecule has 0 bridgehead atoms. The third kappa shape index (κ3) is 2.37. The van der Waals surface area contributed by atoms with Crippen LogP contribution in [0.1, 0.15) is 23.8 Å². The highest BCUT2D eigenvalue weighted by Crippen LogP contribution is 2.29. The molecule has 2 aromatic heterocycles. The predicted molar refractivity (Wildman–Crippen MR) is 70.2 cm³/mol. The number of hydrogen-bond donors (Lipinski definition) is 1. The Hall–Kier alpha value is -1.26. The van der Waals surface area contributed by atoms with Crippen LogP contribution in [-0.4, -0.2) is 23.1 Å². The minimum absolute atomic E-state index is 0.589. The van der Waals surface area contributed by atoms with Crippen LogP contribution in [0.4, 0.5) is 0 Å². The minimum Gasteiger partial charge on any atom is -0.316 e. The highest BCUT2D eigenvalue weighted by Gasteiger charge is 2.18. The average molecular weight is 245 g/mol. The lowest BCUT2D eigenvalue weighted by atomic mass is 10.0. The predicted octanol–water partition coefficient (Wildman–Crippen LogP) is 2.67. The van der Waals surface area contributed by atoms with Crippen LogP contribution in [0.25, 0.3) is 11.4 Å². The molecule has 88 valence electrons. The van der Waals surface area contributed by atoms with Crippen molar-refractivity contribution in [2.24, 2.45) is 0 Å². The van der Waals surface area contributed by atoms with Crippen molar-refractivity contribution >= 4 is 11.3 Å². The van der Waals surface area contributed by atoms with E-state index in [4.69, 9.17) is 4.98 Å². The molecule has 3 heterocycles. The molecule has 17 heavy (non-hydrogen) atoms. The third-order valence-electron chi connectivity index (χ3n) is 3.10. The van der Waals surface area contributed by atoms with Crippen molar-refractivity contribution in [3.8, 4) is 11.4 Å². The molecule has 1 N–H and O–H groups in total. The van der Waals surface area contributed by atoms with Gasteiger partial charge in [-0.25, -0.2) is 4.98 Å². The Kier molecular flexibility index (Phi) is 3.16. The van der Waals surface area contributed by atoms with E-state index in [1.165, 1.54) is 17.8 Å². The van der Waals surface area contributed by atoms with Gasteiger partial charge in [0.2, 0.25) is 0 Å². The second-order valence-electron chi connectivity index (χ2n) is 4.33. The van der Waals surface area contributed by atoms with Crippen molar-refractivity contribution in [1.29, 1.82) is 0 Å². The van der Waals surface area contributed by atoms with Crippen molar-refractivity contribution in [3.05, 3.63) is 34.8 Å². The number of piperidine rings is 1. The van der Waals surface area contributed by atoms with Gasteiger partial charge in [0, 0.05) is 24.0 Å². The van der Waals surface area contributed by atoms with E-state index in [-0.39, 0.29) is 0 Å². The quantitative estimate of drug-likeness (QED) is 0.884. The molecule has 0 spiro atoms. The summed E-state index contributed by atoms with van der Waals surface area (Å²) in [7, 11) is 0. The number of thiazole rings is 1. The Bertz CT molecular complexity index is 474. The van der Waals surface area contributed by atoms with Gasteiger partial charge in [-0.2, -0.15) is 0 Å². The summed E-state index contributed by atoms with van der Waals surface area (Å²) in [4.78, 5) is 9.06. The Morgan fingerprint density at radius 1 is 1.29 bits per heavy atom. The number of aromatic nitrogens is 2. The number of nitrogens with zero attached hydrogens (tertiary/aromatic N) is 2. The van der Waals surface area contributed by atoms with E-state index in [9.17, 15) is 0 Å². The summed E-state index contributed by atoms with van der Waals surface area (Å²) in [5, 5.41) is 6.80. The van der Waals surface area contributed by atoms with Crippen LogP contribution < -0.4 is 5.32 Å². The number of pyridine rings is 1. The molecule has 1 atom stereocenters. The molecule has 1 saturated heterocycles. The van der Waals surface area contributed by atoms with E-state index in [0.29, 0.717) is 5.92 Å². The van der Waals surface area contributed by atoms with Gasteiger partial charge in [-0.15, -0.1) is 11.3 Å². The number of nitrogens with one attached hydrogen (secondary N) is 1. The van der Waals surface area contributed by atoms with Gasteiger partial charge in [0.1, 0.15) is 0 Å². The van der Waals surface area contributed by atoms with Crippen molar-refractivity contribution < 1.29 is 0 Å². The van der Waals surface area contributed by atoms with Crippen LogP contribution in [0.15, 0.2) is 29.8 Å². The maximum absolute atomic E-state index is 4.72. The molecule has 0 aliphatic carbocycles. The Morgan fingerprint density at radius 2 is 2.29 bits per heavy atom.